The molecule has 1 aromatic heterocycles. The zero-order valence-corrected chi connectivity index (χ0v) is 27.8. The quantitative estimate of drug-likeness (QED) is 0.222. The van der Waals surface area contributed by atoms with Crippen molar-refractivity contribution < 1.29 is 28.9 Å². The topological polar surface area (TPSA) is 116 Å². The van der Waals surface area contributed by atoms with Crippen LogP contribution in [0.2, 0.25) is 0 Å². The Morgan fingerprint density at radius 1 is 1.05 bits per heavy atom. The number of hydrogen-bond donors (Lipinski definition) is 1. The molecular weight excluding hydrogens is 716 g/mol. The average molecular weight is 742 g/mol. The summed E-state index contributed by atoms with van der Waals surface area (Å²) in [5.41, 5.74) is 2.97. The summed E-state index contributed by atoms with van der Waals surface area (Å²) in [6.45, 7) is 3.91. The maximum Gasteiger partial charge on any atom is 0.338 e. The van der Waals surface area contributed by atoms with Crippen molar-refractivity contribution in [2.45, 2.75) is 26.5 Å². The van der Waals surface area contributed by atoms with Gasteiger partial charge in [0, 0.05) is 0 Å². The third kappa shape index (κ3) is 6.42. The second-order valence-corrected chi connectivity index (χ2v) is 12.4. The van der Waals surface area contributed by atoms with Crippen molar-refractivity contribution in [3.63, 3.8) is 0 Å². The number of fused-ring (bicyclic) bond motifs is 1. The molecule has 5 rings (SSSR count). The molecule has 0 spiro atoms. The molecule has 1 N–H and O–H groups in total. The predicted octanol–water partition coefficient (Wildman–Crippen LogP) is 5.61. The lowest BCUT2D eigenvalue weighted by Gasteiger charge is -2.25. The van der Waals surface area contributed by atoms with Crippen LogP contribution in [0.25, 0.3) is 6.08 Å². The molecule has 0 saturated heterocycles. The van der Waals surface area contributed by atoms with Gasteiger partial charge in [0.25, 0.3) is 5.56 Å². The summed E-state index contributed by atoms with van der Waals surface area (Å²) in [4.78, 5) is 43.2. The van der Waals surface area contributed by atoms with E-state index >= 15 is 0 Å². The fourth-order valence-electron chi connectivity index (χ4n) is 4.74. The highest BCUT2D eigenvalue weighted by Crippen LogP contribution is 2.35. The Labute approximate surface area is 273 Å². The molecule has 2 heterocycles. The number of esters is 1. The zero-order chi connectivity index (χ0) is 31.5. The molecule has 4 aromatic rings. The first-order valence-corrected chi connectivity index (χ1v) is 15.8. The lowest BCUT2D eigenvalue weighted by atomic mass is 9.96. The standard InChI is InChI=1S/C32H26Br2N2O7S/c1-4-42-31(40)27-17(2)35-32-36(28(27)21-10-12-24(41-3)23(34)15-21)29(37)26(44-32)14-19-7-11-25(22(33)13-19)43-16-18-5-8-20(9-6-18)30(38)39/h5-15,28H,4,16H2,1-3H3,(H,38,39)/b26-14+/t28-/m0/s1. The zero-order valence-electron chi connectivity index (χ0n) is 23.8. The number of carboxylic acids is 1. The molecule has 44 heavy (non-hydrogen) atoms. The second-order valence-electron chi connectivity index (χ2n) is 9.68. The first kappa shape index (κ1) is 31.4. The number of thiazole rings is 1. The van der Waals surface area contributed by atoms with Crippen LogP contribution in [0.4, 0.5) is 0 Å². The summed E-state index contributed by atoms with van der Waals surface area (Å²) in [7, 11) is 1.57. The van der Waals surface area contributed by atoms with Crippen LogP contribution >= 0.6 is 43.2 Å². The molecule has 12 heteroatoms. The van der Waals surface area contributed by atoms with Gasteiger partial charge in [0.2, 0.25) is 0 Å². The second kappa shape index (κ2) is 13.3. The number of aromatic nitrogens is 1. The fraction of sp³-hybridized carbons (Fsp3) is 0.188. The third-order valence-electron chi connectivity index (χ3n) is 6.86. The summed E-state index contributed by atoms with van der Waals surface area (Å²) < 4.78 is 20.0. The molecule has 0 radical (unpaired) electrons. The van der Waals surface area contributed by atoms with Gasteiger partial charge in [-0.2, -0.15) is 0 Å². The molecular formula is C32H26Br2N2O7S. The lowest BCUT2D eigenvalue weighted by molar-refractivity contribution is -0.139. The van der Waals surface area contributed by atoms with Gasteiger partial charge in [-0.05, 0) is 105 Å². The maximum atomic E-state index is 13.9. The average Bonchev–Trinajstić information content (AvgIpc) is 3.30. The molecule has 1 aliphatic rings. The van der Waals surface area contributed by atoms with Crippen LogP contribution in [0.3, 0.4) is 0 Å². The largest absolute Gasteiger partial charge is 0.496 e. The van der Waals surface area contributed by atoms with Crippen LogP contribution in [0.15, 0.2) is 90.7 Å². The van der Waals surface area contributed by atoms with Gasteiger partial charge in [0.05, 0.1) is 50.1 Å². The number of benzene rings is 3. The van der Waals surface area contributed by atoms with Crippen molar-refractivity contribution in [1.82, 2.24) is 4.57 Å². The number of rotatable bonds is 9. The summed E-state index contributed by atoms with van der Waals surface area (Å²) in [5, 5.41) is 9.08. The smallest absolute Gasteiger partial charge is 0.338 e. The highest BCUT2D eigenvalue weighted by molar-refractivity contribution is 9.10. The molecule has 0 bridgehead atoms. The molecule has 0 amide bonds. The molecule has 0 fully saturated rings. The van der Waals surface area contributed by atoms with E-state index in [9.17, 15) is 14.4 Å². The minimum atomic E-state index is -0.984. The lowest BCUT2D eigenvalue weighted by Crippen LogP contribution is -2.39. The SMILES string of the molecule is CCOC(=O)C1=C(C)N=c2s/c(=C/c3ccc(OCc4ccc(C(=O)O)cc4)c(Br)c3)c(=O)n2[C@H]1c1ccc(OC)c(Br)c1. The molecule has 1 atom stereocenters. The number of carbonyl (C=O) groups excluding carboxylic acids is 1. The monoisotopic (exact) mass is 740 g/mol. The van der Waals surface area contributed by atoms with E-state index in [1.165, 1.54) is 28.0 Å². The van der Waals surface area contributed by atoms with Gasteiger partial charge in [-0.15, -0.1) is 0 Å². The maximum absolute atomic E-state index is 13.9. The minimum absolute atomic E-state index is 0.185. The fourth-order valence-corrected chi connectivity index (χ4v) is 6.86. The number of methoxy groups -OCH3 is 1. The van der Waals surface area contributed by atoms with Crippen LogP contribution in [0.5, 0.6) is 11.5 Å². The van der Waals surface area contributed by atoms with Crippen molar-refractivity contribution >= 4 is 61.2 Å². The van der Waals surface area contributed by atoms with Crippen molar-refractivity contribution in [1.29, 1.82) is 0 Å². The first-order chi connectivity index (χ1) is 21.1. The Hall–Kier alpha value is -4.00. The van der Waals surface area contributed by atoms with Crippen LogP contribution in [0, 0.1) is 0 Å². The number of allylic oxidation sites excluding steroid dienone is 1. The van der Waals surface area contributed by atoms with Crippen molar-refractivity contribution in [3.05, 3.63) is 123 Å². The number of hydrogen-bond acceptors (Lipinski definition) is 8. The summed E-state index contributed by atoms with van der Waals surface area (Å²) in [5.74, 6) is -0.307. The first-order valence-electron chi connectivity index (χ1n) is 13.4. The molecule has 0 unspecified atom stereocenters. The Morgan fingerprint density at radius 3 is 2.39 bits per heavy atom. The van der Waals surface area contributed by atoms with E-state index in [1.807, 2.05) is 24.3 Å². The molecule has 0 saturated carbocycles. The summed E-state index contributed by atoms with van der Waals surface area (Å²) in [6.07, 6.45) is 1.77. The predicted molar refractivity (Wildman–Crippen MR) is 173 cm³/mol. The highest BCUT2D eigenvalue weighted by Gasteiger charge is 2.33. The van der Waals surface area contributed by atoms with Crippen molar-refractivity contribution in [2.75, 3.05) is 13.7 Å². The van der Waals surface area contributed by atoms with Gasteiger partial charge in [0.1, 0.15) is 18.1 Å². The van der Waals surface area contributed by atoms with E-state index in [2.05, 4.69) is 36.9 Å². The van der Waals surface area contributed by atoms with E-state index in [1.54, 1.807) is 51.3 Å². The van der Waals surface area contributed by atoms with E-state index in [4.69, 9.17) is 19.3 Å². The Balaban J connectivity index is 1.50. The molecule has 0 aliphatic carbocycles. The van der Waals surface area contributed by atoms with Crippen molar-refractivity contribution in [3.8, 4) is 11.5 Å². The number of carbonyl (C=O) groups is 2. The van der Waals surface area contributed by atoms with E-state index < -0.39 is 18.0 Å². The van der Waals surface area contributed by atoms with Gasteiger partial charge in [-0.25, -0.2) is 14.6 Å². The normalized spacial score (nSPS) is 14.6. The number of carboxylic acid groups (broad SMARTS) is 1. The van der Waals surface area contributed by atoms with E-state index in [0.717, 1.165) is 11.1 Å². The van der Waals surface area contributed by atoms with Crippen LogP contribution < -0.4 is 24.4 Å². The molecule has 226 valence electrons. The molecule has 3 aromatic carbocycles. The van der Waals surface area contributed by atoms with Crippen LogP contribution in [0.1, 0.15) is 46.9 Å². The van der Waals surface area contributed by atoms with Gasteiger partial charge in [-0.1, -0.05) is 35.6 Å². The van der Waals surface area contributed by atoms with Crippen LogP contribution in [-0.2, 0) is 16.1 Å². The van der Waals surface area contributed by atoms with Gasteiger partial charge in [-0.3, -0.25) is 9.36 Å². The Bertz CT molecular complexity index is 1980. The van der Waals surface area contributed by atoms with Crippen LogP contribution in [-0.4, -0.2) is 35.3 Å². The number of ether oxygens (including phenoxy) is 3. The van der Waals surface area contributed by atoms with Gasteiger partial charge < -0.3 is 19.3 Å². The Morgan fingerprint density at radius 2 is 1.75 bits per heavy atom. The summed E-state index contributed by atoms with van der Waals surface area (Å²) >= 11 is 8.31. The van der Waals surface area contributed by atoms with Gasteiger partial charge in [0.15, 0.2) is 4.80 Å². The molecule has 9 nitrogen and oxygen atoms in total. The Kier molecular flexibility index (Phi) is 9.52. The van der Waals surface area contributed by atoms with E-state index in [0.29, 0.717) is 46.6 Å². The molecule has 1 aliphatic heterocycles. The van der Waals surface area contributed by atoms with E-state index in [-0.39, 0.29) is 24.3 Å². The number of nitrogens with zero attached hydrogens (tertiary/aromatic N) is 2. The third-order valence-corrected chi connectivity index (χ3v) is 9.08. The highest BCUT2D eigenvalue weighted by atomic mass is 79.9. The summed E-state index contributed by atoms with van der Waals surface area (Å²) in [6, 6.07) is 16.6. The number of aromatic carboxylic acids is 1. The minimum Gasteiger partial charge on any atom is -0.496 e. The number of halogens is 2. The van der Waals surface area contributed by atoms with Crippen molar-refractivity contribution in [2.24, 2.45) is 4.99 Å². The van der Waals surface area contributed by atoms with Gasteiger partial charge >= 0.3 is 11.9 Å².